The molecule has 0 radical (unpaired) electrons. The number of benzene rings is 1. The molecule has 0 amide bonds. The zero-order valence-corrected chi connectivity index (χ0v) is 10.8. The summed E-state index contributed by atoms with van der Waals surface area (Å²) in [6.07, 6.45) is 2.17. The number of sulfone groups is 1. The Hall–Kier alpha value is -0.870. The van der Waals surface area contributed by atoms with Gasteiger partial charge in [0.2, 0.25) is 0 Å². The van der Waals surface area contributed by atoms with E-state index < -0.39 is 9.84 Å². The van der Waals surface area contributed by atoms with Crippen molar-refractivity contribution in [2.45, 2.75) is 37.1 Å². The highest BCUT2D eigenvalue weighted by molar-refractivity contribution is 7.90. The lowest BCUT2D eigenvalue weighted by Crippen LogP contribution is -2.24. The summed E-state index contributed by atoms with van der Waals surface area (Å²) < 4.78 is 22.6. The van der Waals surface area contributed by atoms with Crippen LogP contribution in [0.15, 0.2) is 29.2 Å². The molecular formula is C12H19NO2S. The second-order valence-corrected chi connectivity index (χ2v) is 6.23. The topological polar surface area (TPSA) is 60.2 Å². The molecule has 1 rings (SSSR count). The Morgan fingerprint density at radius 2 is 1.75 bits per heavy atom. The summed E-state index contributed by atoms with van der Waals surface area (Å²) in [7, 11) is -3.10. The maximum absolute atomic E-state index is 11.3. The molecule has 2 N–H and O–H groups in total. The van der Waals surface area contributed by atoms with E-state index in [4.69, 9.17) is 5.73 Å². The van der Waals surface area contributed by atoms with E-state index in [1.54, 1.807) is 12.1 Å². The van der Waals surface area contributed by atoms with Gasteiger partial charge >= 0.3 is 0 Å². The van der Waals surface area contributed by atoms with Gasteiger partial charge in [-0.25, -0.2) is 8.42 Å². The minimum Gasteiger partial charge on any atom is -0.327 e. The molecular weight excluding hydrogens is 222 g/mol. The summed E-state index contributed by atoms with van der Waals surface area (Å²) in [4.78, 5) is 0.357. The van der Waals surface area contributed by atoms with Gasteiger partial charge in [-0.15, -0.1) is 0 Å². The molecule has 0 aromatic heterocycles. The molecule has 90 valence electrons. The van der Waals surface area contributed by atoms with Crippen LogP contribution in [-0.4, -0.2) is 20.7 Å². The standard InChI is InChI=1S/C12H19NO2S/c1-4-12(9(2)13)10-5-7-11(8-6-10)16(3,14)15/h5-9,12H,4,13H2,1-3H3. The Balaban J connectivity index is 3.03. The van der Waals surface area contributed by atoms with E-state index in [0.717, 1.165) is 12.0 Å². The fourth-order valence-electron chi connectivity index (χ4n) is 1.87. The zero-order valence-electron chi connectivity index (χ0n) is 9.97. The fourth-order valence-corrected chi connectivity index (χ4v) is 2.50. The first kappa shape index (κ1) is 13.2. The largest absolute Gasteiger partial charge is 0.327 e. The third kappa shape index (κ3) is 3.06. The SMILES string of the molecule is CCC(c1ccc(S(C)(=O)=O)cc1)C(C)N. The predicted octanol–water partition coefficient (Wildman–Crippen LogP) is 1.93. The first-order chi connectivity index (χ1) is 7.36. The van der Waals surface area contributed by atoms with Crippen LogP contribution in [-0.2, 0) is 9.84 Å². The maximum atomic E-state index is 11.3. The fraction of sp³-hybridized carbons (Fsp3) is 0.500. The van der Waals surface area contributed by atoms with Crippen molar-refractivity contribution in [2.24, 2.45) is 5.73 Å². The summed E-state index contributed by atoms with van der Waals surface area (Å²) in [5, 5.41) is 0. The number of hydrogen-bond donors (Lipinski definition) is 1. The first-order valence-electron chi connectivity index (χ1n) is 5.42. The van der Waals surface area contributed by atoms with Crippen molar-refractivity contribution < 1.29 is 8.42 Å². The van der Waals surface area contributed by atoms with Gasteiger partial charge in [0.1, 0.15) is 0 Å². The van der Waals surface area contributed by atoms with Gasteiger partial charge in [-0.1, -0.05) is 19.1 Å². The molecule has 0 spiro atoms. The monoisotopic (exact) mass is 241 g/mol. The molecule has 4 heteroatoms. The van der Waals surface area contributed by atoms with Gasteiger partial charge in [0.05, 0.1) is 4.90 Å². The van der Waals surface area contributed by atoms with Gasteiger partial charge in [-0.05, 0) is 37.0 Å². The third-order valence-electron chi connectivity index (χ3n) is 2.81. The van der Waals surface area contributed by atoms with Gasteiger partial charge in [0, 0.05) is 12.3 Å². The summed E-state index contributed by atoms with van der Waals surface area (Å²) in [5.41, 5.74) is 6.99. The smallest absolute Gasteiger partial charge is 0.175 e. The molecule has 2 atom stereocenters. The predicted molar refractivity (Wildman–Crippen MR) is 66.2 cm³/mol. The molecule has 3 nitrogen and oxygen atoms in total. The lowest BCUT2D eigenvalue weighted by molar-refractivity contribution is 0.552. The van der Waals surface area contributed by atoms with E-state index >= 15 is 0 Å². The molecule has 0 saturated heterocycles. The molecule has 0 saturated carbocycles. The third-order valence-corrected chi connectivity index (χ3v) is 3.94. The van der Waals surface area contributed by atoms with Crippen molar-refractivity contribution in [1.29, 1.82) is 0 Å². The van der Waals surface area contributed by atoms with Crippen LogP contribution < -0.4 is 5.73 Å². The molecule has 0 heterocycles. The highest BCUT2D eigenvalue weighted by Crippen LogP contribution is 2.23. The van der Waals surface area contributed by atoms with E-state index in [9.17, 15) is 8.42 Å². The van der Waals surface area contributed by atoms with E-state index in [-0.39, 0.29) is 12.0 Å². The molecule has 0 aliphatic heterocycles. The molecule has 16 heavy (non-hydrogen) atoms. The molecule has 0 bridgehead atoms. The summed E-state index contributed by atoms with van der Waals surface area (Å²) in [5.74, 6) is 0.286. The quantitative estimate of drug-likeness (QED) is 0.876. The number of hydrogen-bond acceptors (Lipinski definition) is 3. The number of nitrogens with two attached hydrogens (primary N) is 1. The van der Waals surface area contributed by atoms with Crippen molar-refractivity contribution in [3.8, 4) is 0 Å². The lowest BCUT2D eigenvalue weighted by Gasteiger charge is -2.19. The van der Waals surface area contributed by atoms with Crippen LogP contribution in [0.3, 0.4) is 0 Å². The Morgan fingerprint density at radius 3 is 2.06 bits per heavy atom. The van der Waals surface area contributed by atoms with Crippen LogP contribution in [0, 0.1) is 0 Å². The van der Waals surface area contributed by atoms with Crippen molar-refractivity contribution in [1.82, 2.24) is 0 Å². The van der Waals surface area contributed by atoms with Gasteiger partial charge in [-0.2, -0.15) is 0 Å². The number of rotatable bonds is 4. The minimum atomic E-state index is -3.10. The van der Waals surface area contributed by atoms with Crippen LogP contribution in [0.25, 0.3) is 0 Å². The molecule has 0 fully saturated rings. The van der Waals surface area contributed by atoms with Crippen LogP contribution in [0.5, 0.6) is 0 Å². The van der Waals surface area contributed by atoms with Gasteiger partial charge in [0.25, 0.3) is 0 Å². The second kappa shape index (κ2) is 4.97. The van der Waals surface area contributed by atoms with Gasteiger partial charge in [0.15, 0.2) is 9.84 Å². The lowest BCUT2D eigenvalue weighted by atomic mass is 9.91. The molecule has 0 aliphatic rings. The van der Waals surface area contributed by atoms with Crippen LogP contribution in [0.2, 0.25) is 0 Å². The minimum absolute atomic E-state index is 0.0779. The first-order valence-corrected chi connectivity index (χ1v) is 7.31. The van der Waals surface area contributed by atoms with Crippen LogP contribution in [0.4, 0.5) is 0 Å². The molecule has 2 unspecified atom stereocenters. The van der Waals surface area contributed by atoms with Crippen molar-refractivity contribution >= 4 is 9.84 Å². The molecule has 1 aromatic carbocycles. The van der Waals surface area contributed by atoms with Gasteiger partial charge in [-0.3, -0.25) is 0 Å². The van der Waals surface area contributed by atoms with Gasteiger partial charge < -0.3 is 5.73 Å². The highest BCUT2D eigenvalue weighted by Gasteiger charge is 2.14. The van der Waals surface area contributed by atoms with Crippen LogP contribution >= 0.6 is 0 Å². The van der Waals surface area contributed by atoms with Crippen molar-refractivity contribution in [3.05, 3.63) is 29.8 Å². The van der Waals surface area contributed by atoms with Crippen molar-refractivity contribution in [3.63, 3.8) is 0 Å². The Morgan fingerprint density at radius 1 is 1.25 bits per heavy atom. The summed E-state index contributed by atoms with van der Waals surface area (Å²) >= 11 is 0. The van der Waals surface area contributed by atoms with E-state index in [1.165, 1.54) is 6.26 Å². The Kier molecular flexibility index (Phi) is 4.10. The van der Waals surface area contributed by atoms with E-state index in [1.807, 2.05) is 19.1 Å². The van der Waals surface area contributed by atoms with E-state index in [0.29, 0.717) is 4.90 Å². The average Bonchev–Trinajstić information content (AvgIpc) is 2.17. The second-order valence-electron chi connectivity index (χ2n) is 4.22. The van der Waals surface area contributed by atoms with Crippen molar-refractivity contribution in [2.75, 3.05) is 6.26 Å². The summed E-state index contributed by atoms with van der Waals surface area (Å²) in [6, 6.07) is 7.09. The Bertz CT molecular complexity index is 435. The average molecular weight is 241 g/mol. The normalized spacial score (nSPS) is 15.8. The molecule has 0 aliphatic carbocycles. The maximum Gasteiger partial charge on any atom is 0.175 e. The summed E-state index contributed by atoms with van der Waals surface area (Å²) in [6.45, 7) is 4.05. The zero-order chi connectivity index (χ0) is 12.3. The highest BCUT2D eigenvalue weighted by atomic mass is 32.2. The Labute approximate surface area is 97.6 Å². The molecule has 1 aromatic rings. The van der Waals surface area contributed by atoms with E-state index in [2.05, 4.69) is 6.92 Å². The van der Waals surface area contributed by atoms with Crippen LogP contribution in [0.1, 0.15) is 31.7 Å².